The van der Waals surface area contributed by atoms with E-state index in [-0.39, 0.29) is 6.54 Å². The lowest BCUT2D eigenvalue weighted by molar-refractivity contribution is -0.125. The van der Waals surface area contributed by atoms with E-state index >= 15 is 0 Å². The van der Waals surface area contributed by atoms with Crippen molar-refractivity contribution in [1.29, 1.82) is 0 Å². The third kappa shape index (κ3) is 2.98. The van der Waals surface area contributed by atoms with E-state index < -0.39 is 12.0 Å². The number of aliphatic hydroxyl groups is 1. The lowest BCUT2D eigenvalue weighted by Gasteiger charge is -2.07. The van der Waals surface area contributed by atoms with Gasteiger partial charge in [0, 0.05) is 12.4 Å². The molecular formula is C8H12N4O2. The maximum Gasteiger partial charge on any atom is 0.248 e. The average Bonchev–Trinajstić information content (AvgIpc) is 2.16. The number of aryl methyl sites for hydroxylation is 1. The third-order valence-corrected chi connectivity index (χ3v) is 1.56. The number of aromatic nitrogens is 2. The number of rotatable bonds is 4. The molecule has 0 aliphatic carbocycles. The molecule has 0 aliphatic rings. The van der Waals surface area contributed by atoms with Crippen LogP contribution in [0.25, 0.3) is 0 Å². The molecule has 1 heterocycles. The quantitative estimate of drug-likeness (QED) is 0.576. The van der Waals surface area contributed by atoms with Crippen LogP contribution in [-0.4, -0.2) is 33.6 Å². The molecule has 76 valence electrons. The maximum absolute atomic E-state index is 10.5. The topological polar surface area (TPSA) is 101 Å². The van der Waals surface area contributed by atoms with Gasteiger partial charge in [-0.05, 0) is 12.5 Å². The summed E-state index contributed by atoms with van der Waals surface area (Å²) in [6, 6.07) is 0. The molecule has 0 spiro atoms. The van der Waals surface area contributed by atoms with Crippen molar-refractivity contribution in [3.8, 4) is 0 Å². The highest BCUT2D eigenvalue weighted by atomic mass is 16.3. The lowest BCUT2D eigenvalue weighted by atomic mass is 10.3. The van der Waals surface area contributed by atoms with Crippen LogP contribution in [0.4, 0.5) is 5.95 Å². The summed E-state index contributed by atoms with van der Waals surface area (Å²) >= 11 is 0. The van der Waals surface area contributed by atoms with Crippen molar-refractivity contribution in [3.05, 3.63) is 18.0 Å². The van der Waals surface area contributed by atoms with Gasteiger partial charge in [0.2, 0.25) is 11.9 Å². The van der Waals surface area contributed by atoms with Crippen LogP contribution in [0.5, 0.6) is 0 Å². The molecule has 0 aromatic carbocycles. The number of carbonyl (C=O) groups excluding carboxylic acids is 1. The number of anilines is 1. The number of primary amides is 1. The van der Waals surface area contributed by atoms with E-state index in [0.29, 0.717) is 5.95 Å². The largest absolute Gasteiger partial charge is 0.381 e. The van der Waals surface area contributed by atoms with Gasteiger partial charge in [-0.1, -0.05) is 0 Å². The summed E-state index contributed by atoms with van der Waals surface area (Å²) in [4.78, 5) is 18.3. The van der Waals surface area contributed by atoms with Gasteiger partial charge < -0.3 is 16.2 Å². The summed E-state index contributed by atoms with van der Waals surface area (Å²) in [7, 11) is 0. The second-order valence-electron chi connectivity index (χ2n) is 2.88. The van der Waals surface area contributed by atoms with E-state index in [9.17, 15) is 4.79 Å². The van der Waals surface area contributed by atoms with Gasteiger partial charge in [0.05, 0.1) is 6.54 Å². The minimum absolute atomic E-state index is 0.0123. The van der Waals surface area contributed by atoms with Crippen LogP contribution in [0.3, 0.4) is 0 Å². The fourth-order valence-electron chi connectivity index (χ4n) is 0.772. The number of nitrogens with one attached hydrogen (secondary N) is 1. The Kier molecular flexibility index (Phi) is 3.35. The monoisotopic (exact) mass is 196 g/mol. The molecule has 1 aromatic rings. The highest BCUT2D eigenvalue weighted by Crippen LogP contribution is 1.98. The second kappa shape index (κ2) is 4.52. The maximum atomic E-state index is 10.5. The van der Waals surface area contributed by atoms with Crippen molar-refractivity contribution in [2.75, 3.05) is 11.9 Å². The summed E-state index contributed by atoms with van der Waals surface area (Å²) in [5.41, 5.74) is 5.79. The lowest BCUT2D eigenvalue weighted by Crippen LogP contribution is -2.34. The molecule has 4 N–H and O–H groups in total. The van der Waals surface area contributed by atoms with E-state index in [0.717, 1.165) is 5.56 Å². The predicted octanol–water partition coefficient (Wildman–Crippen LogP) is -0.957. The second-order valence-corrected chi connectivity index (χ2v) is 2.88. The van der Waals surface area contributed by atoms with Gasteiger partial charge in [0.25, 0.3) is 0 Å². The zero-order valence-electron chi connectivity index (χ0n) is 7.77. The van der Waals surface area contributed by atoms with E-state index in [1.54, 1.807) is 12.4 Å². The minimum atomic E-state index is -1.22. The van der Waals surface area contributed by atoms with Gasteiger partial charge in [-0.15, -0.1) is 0 Å². The van der Waals surface area contributed by atoms with Gasteiger partial charge in [-0.2, -0.15) is 0 Å². The Bertz CT molecular complexity index is 312. The molecule has 1 amide bonds. The fraction of sp³-hybridized carbons (Fsp3) is 0.375. The van der Waals surface area contributed by atoms with Crippen molar-refractivity contribution >= 4 is 11.9 Å². The smallest absolute Gasteiger partial charge is 0.248 e. The van der Waals surface area contributed by atoms with Crippen molar-refractivity contribution < 1.29 is 9.90 Å². The molecule has 0 bridgehead atoms. The highest BCUT2D eigenvalue weighted by Gasteiger charge is 2.10. The minimum Gasteiger partial charge on any atom is -0.381 e. The molecule has 1 rings (SSSR count). The van der Waals surface area contributed by atoms with Crippen molar-refractivity contribution in [3.63, 3.8) is 0 Å². The van der Waals surface area contributed by atoms with Crippen LogP contribution < -0.4 is 11.1 Å². The normalized spacial score (nSPS) is 12.1. The van der Waals surface area contributed by atoms with Gasteiger partial charge >= 0.3 is 0 Å². The first-order valence-corrected chi connectivity index (χ1v) is 4.09. The molecule has 6 heteroatoms. The van der Waals surface area contributed by atoms with Gasteiger partial charge in [-0.25, -0.2) is 9.97 Å². The molecule has 1 unspecified atom stereocenters. The first-order valence-electron chi connectivity index (χ1n) is 4.09. The molecule has 0 radical (unpaired) electrons. The first-order chi connectivity index (χ1) is 6.59. The van der Waals surface area contributed by atoms with Crippen molar-refractivity contribution in [2.45, 2.75) is 13.0 Å². The molecule has 0 saturated heterocycles. The summed E-state index contributed by atoms with van der Waals surface area (Å²) in [5, 5.41) is 11.7. The van der Waals surface area contributed by atoms with Crippen LogP contribution in [0.15, 0.2) is 12.4 Å². The van der Waals surface area contributed by atoms with Gasteiger partial charge in [0.1, 0.15) is 6.10 Å². The molecular weight excluding hydrogens is 184 g/mol. The zero-order valence-corrected chi connectivity index (χ0v) is 7.77. The summed E-state index contributed by atoms with van der Waals surface area (Å²) in [5.74, 6) is -0.416. The van der Waals surface area contributed by atoms with Crippen LogP contribution in [0.1, 0.15) is 5.56 Å². The average molecular weight is 196 g/mol. The number of carbonyl (C=O) groups is 1. The molecule has 1 atom stereocenters. The van der Waals surface area contributed by atoms with Crippen molar-refractivity contribution in [2.24, 2.45) is 5.73 Å². The standard InChI is InChI=1S/C8H12N4O2/c1-5-2-10-8(11-3-5)12-4-6(13)7(9)14/h2-3,6,13H,4H2,1H3,(H2,9,14)(H,10,11,12). The first kappa shape index (κ1) is 10.4. The SMILES string of the molecule is Cc1cnc(NCC(O)C(N)=O)nc1. The van der Waals surface area contributed by atoms with Crippen LogP contribution in [-0.2, 0) is 4.79 Å². The molecule has 6 nitrogen and oxygen atoms in total. The fourth-order valence-corrected chi connectivity index (χ4v) is 0.772. The van der Waals surface area contributed by atoms with E-state index in [1.807, 2.05) is 6.92 Å². The van der Waals surface area contributed by atoms with Crippen LogP contribution in [0, 0.1) is 6.92 Å². The number of nitrogens with two attached hydrogens (primary N) is 1. The van der Waals surface area contributed by atoms with E-state index in [4.69, 9.17) is 10.8 Å². The van der Waals surface area contributed by atoms with Crippen molar-refractivity contribution in [1.82, 2.24) is 9.97 Å². The Hall–Kier alpha value is -1.69. The Labute approximate surface area is 81.2 Å². The third-order valence-electron chi connectivity index (χ3n) is 1.56. The summed E-state index contributed by atoms with van der Waals surface area (Å²) < 4.78 is 0. The number of aliphatic hydroxyl groups excluding tert-OH is 1. The summed E-state index contributed by atoms with van der Waals surface area (Å²) in [6.07, 6.45) is 2.04. The van der Waals surface area contributed by atoms with E-state index in [1.165, 1.54) is 0 Å². The Morgan fingerprint density at radius 1 is 1.64 bits per heavy atom. The van der Waals surface area contributed by atoms with E-state index in [2.05, 4.69) is 15.3 Å². The van der Waals surface area contributed by atoms with Gasteiger partial charge in [-0.3, -0.25) is 4.79 Å². The van der Waals surface area contributed by atoms with Crippen LogP contribution in [0.2, 0.25) is 0 Å². The van der Waals surface area contributed by atoms with Gasteiger partial charge in [0.15, 0.2) is 0 Å². The van der Waals surface area contributed by atoms with Crippen LogP contribution >= 0.6 is 0 Å². The number of amides is 1. The Balaban J connectivity index is 2.46. The molecule has 0 saturated carbocycles. The molecule has 1 aromatic heterocycles. The molecule has 14 heavy (non-hydrogen) atoms. The highest BCUT2D eigenvalue weighted by molar-refractivity contribution is 5.79. The molecule has 0 aliphatic heterocycles. The number of hydrogen-bond acceptors (Lipinski definition) is 5. The molecule has 0 fully saturated rings. The zero-order chi connectivity index (χ0) is 10.6. The predicted molar refractivity (Wildman–Crippen MR) is 50.5 cm³/mol. The summed E-state index contributed by atoms with van der Waals surface area (Å²) in [6.45, 7) is 1.88. The number of nitrogens with zero attached hydrogens (tertiary/aromatic N) is 2. The Morgan fingerprint density at radius 2 is 2.21 bits per heavy atom. The number of hydrogen-bond donors (Lipinski definition) is 3. The Morgan fingerprint density at radius 3 is 2.71 bits per heavy atom.